The van der Waals surface area contributed by atoms with E-state index in [2.05, 4.69) is 17.4 Å². The molecule has 0 spiro atoms. The minimum absolute atomic E-state index is 0.0870. The molecule has 0 aromatic heterocycles. The van der Waals surface area contributed by atoms with Gasteiger partial charge in [0.2, 0.25) is 0 Å². The lowest BCUT2D eigenvalue weighted by atomic mass is 10.1. The molecule has 0 radical (unpaired) electrons. The molecular weight excluding hydrogens is 356 g/mol. The zero-order chi connectivity index (χ0) is 19.2. The van der Waals surface area contributed by atoms with Crippen LogP contribution in [-0.4, -0.2) is 43.3 Å². The topological polar surface area (TPSA) is 60.0 Å². The van der Waals surface area contributed by atoms with Gasteiger partial charge >= 0.3 is 6.03 Å². The van der Waals surface area contributed by atoms with E-state index in [1.54, 1.807) is 0 Å². The summed E-state index contributed by atoms with van der Waals surface area (Å²) < 4.78 is 17.3. The summed E-state index contributed by atoms with van der Waals surface area (Å²) in [6, 6.07) is 15.6. The standard InChI is InChI=1S/C22H26N2O4/c25-22(23-18-7-8-20-21(15-18)27-14-4-13-26-20)24-11-9-19(10-12-24)28-16-17-5-2-1-3-6-17/h1-3,5-8,15,19H,4,9-14,16H2,(H,23,25). The third-order valence-electron chi connectivity index (χ3n) is 5.06. The number of rotatable bonds is 4. The lowest BCUT2D eigenvalue weighted by molar-refractivity contribution is 0.00540. The number of ether oxygens (including phenoxy) is 3. The van der Waals surface area contributed by atoms with E-state index < -0.39 is 0 Å². The van der Waals surface area contributed by atoms with Crippen molar-refractivity contribution in [1.29, 1.82) is 0 Å². The van der Waals surface area contributed by atoms with Crippen LogP contribution < -0.4 is 14.8 Å². The van der Waals surface area contributed by atoms with Gasteiger partial charge in [0.15, 0.2) is 11.5 Å². The van der Waals surface area contributed by atoms with Gasteiger partial charge in [-0.05, 0) is 30.5 Å². The van der Waals surface area contributed by atoms with Gasteiger partial charge in [-0.25, -0.2) is 4.79 Å². The molecule has 2 aromatic carbocycles. The second kappa shape index (κ2) is 8.97. The molecule has 2 aliphatic rings. The molecule has 4 rings (SSSR count). The summed E-state index contributed by atoms with van der Waals surface area (Å²) in [6.45, 7) is 3.28. The smallest absolute Gasteiger partial charge is 0.321 e. The van der Waals surface area contributed by atoms with Gasteiger partial charge in [0.1, 0.15) is 0 Å². The maximum absolute atomic E-state index is 12.6. The van der Waals surface area contributed by atoms with Crippen molar-refractivity contribution in [2.45, 2.75) is 32.0 Å². The van der Waals surface area contributed by atoms with Crippen molar-refractivity contribution in [2.75, 3.05) is 31.6 Å². The predicted molar refractivity (Wildman–Crippen MR) is 107 cm³/mol. The number of piperidine rings is 1. The van der Waals surface area contributed by atoms with Crippen molar-refractivity contribution in [1.82, 2.24) is 4.90 Å². The fourth-order valence-corrected chi connectivity index (χ4v) is 3.46. The Bertz CT molecular complexity index is 788. The Morgan fingerprint density at radius 1 is 1.04 bits per heavy atom. The number of hydrogen-bond donors (Lipinski definition) is 1. The Balaban J connectivity index is 1.25. The van der Waals surface area contributed by atoms with Crippen LogP contribution in [0.15, 0.2) is 48.5 Å². The molecule has 0 atom stereocenters. The van der Waals surface area contributed by atoms with Crippen LogP contribution in [0.3, 0.4) is 0 Å². The van der Waals surface area contributed by atoms with Crippen LogP contribution in [0, 0.1) is 0 Å². The number of carbonyl (C=O) groups excluding carboxylic acids is 1. The molecule has 0 bridgehead atoms. The first kappa shape index (κ1) is 18.6. The third-order valence-corrected chi connectivity index (χ3v) is 5.06. The monoisotopic (exact) mass is 382 g/mol. The first-order valence-corrected chi connectivity index (χ1v) is 9.89. The van der Waals surface area contributed by atoms with Gasteiger partial charge in [-0.1, -0.05) is 30.3 Å². The molecule has 2 aromatic rings. The van der Waals surface area contributed by atoms with E-state index in [0.717, 1.165) is 30.7 Å². The molecule has 148 valence electrons. The van der Waals surface area contributed by atoms with E-state index in [1.807, 2.05) is 41.3 Å². The molecule has 0 aliphatic carbocycles. The molecule has 1 N–H and O–H groups in total. The summed E-state index contributed by atoms with van der Waals surface area (Å²) in [5.74, 6) is 1.41. The summed E-state index contributed by atoms with van der Waals surface area (Å²) in [5.41, 5.74) is 1.90. The quantitative estimate of drug-likeness (QED) is 0.866. The molecule has 6 nitrogen and oxygen atoms in total. The van der Waals surface area contributed by atoms with E-state index in [4.69, 9.17) is 14.2 Å². The molecule has 2 aliphatic heterocycles. The number of anilines is 1. The fraction of sp³-hybridized carbons (Fsp3) is 0.409. The second-order valence-corrected chi connectivity index (χ2v) is 7.13. The second-order valence-electron chi connectivity index (χ2n) is 7.13. The summed E-state index contributed by atoms with van der Waals surface area (Å²) in [4.78, 5) is 14.4. The average molecular weight is 382 g/mol. The highest BCUT2D eigenvalue weighted by Gasteiger charge is 2.23. The van der Waals surface area contributed by atoms with Crippen LogP contribution in [0.4, 0.5) is 10.5 Å². The van der Waals surface area contributed by atoms with Gasteiger partial charge in [0.05, 0.1) is 25.9 Å². The van der Waals surface area contributed by atoms with E-state index in [9.17, 15) is 4.79 Å². The summed E-state index contributed by atoms with van der Waals surface area (Å²) >= 11 is 0. The molecular formula is C22H26N2O4. The number of urea groups is 1. The van der Waals surface area contributed by atoms with Crippen LogP contribution in [0.5, 0.6) is 11.5 Å². The Morgan fingerprint density at radius 2 is 1.79 bits per heavy atom. The molecule has 6 heteroatoms. The number of hydrogen-bond acceptors (Lipinski definition) is 4. The Morgan fingerprint density at radius 3 is 2.57 bits per heavy atom. The highest BCUT2D eigenvalue weighted by atomic mass is 16.5. The molecule has 0 unspecified atom stereocenters. The van der Waals surface area contributed by atoms with Crippen LogP contribution in [0.2, 0.25) is 0 Å². The number of likely N-dealkylation sites (tertiary alicyclic amines) is 1. The zero-order valence-electron chi connectivity index (χ0n) is 15.9. The van der Waals surface area contributed by atoms with Gasteiger partial charge in [-0.15, -0.1) is 0 Å². The van der Waals surface area contributed by atoms with E-state index in [0.29, 0.717) is 38.7 Å². The number of nitrogens with one attached hydrogen (secondary N) is 1. The van der Waals surface area contributed by atoms with Crippen molar-refractivity contribution < 1.29 is 19.0 Å². The maximum atomic E-state index is 12.6. The largest absolute Gasteiger partial charge is 0.490 e. The summed E-state index contributed by atoms with van der Waals surface area (Å²) in [6.07, 6.45) is 2.75. The van der Waals surface area contributed by atoms with Crippen molar-refractivity contribution in [2.24, 2.45) is 0 Å². The normalized spacial score (nSPS) is 17.1. The Hall–Kier alpha value is -2.73. The van der Waals surface area contributed by atoms with Gasteiger partial charge in [0.25, 0.3) is 0 Å². The first-order chi connectivity index (χ1) is 13.8. The van der Waals surface area contributed by atoms with Crippen LogP contribution in [-0.2, 0) is 11.3 Å². The number of amides is 2. The summed E-state index contributed by atoms with van der Waals surface area (Å²) in [7, 11) is 0. The van der Waals surface area contributed by atoms with E-state index in [-0.39, 0.29) is 12.1 Å². The zero-order valence-corrected chi connectivity index (χ0v) is 15.9. The molecule has 2 amide bonds. The van der Waals surface area contributed by atoms with Gasteiger partial charge in [-0.3, -0.25) is 0 Å². The van der Waals surface area contributed by atoms with E-state index in [1.165, 1.54) is 5.56 Å². The van der Waals surface area contributed by atoms with Crippen molar-refractivity contribution in [3.63, 3.8) is 0 Å². The molecule has 0 saturated carbocycles. The minimum Gasteiger partial charge on any atom is -0.490 e. The average Bonchev–Trinajstić information content (AvgIpc) is 2.98. The lowest BCUT2D eigenvalue weighted by Crippen LogP contribution is -2.43. The van der Waals surface area contributed by atoms with Crippen LogP contribution >= 0.6 is 0 Å². The van der Waals surface area contributed by atoms with Gasteiger partial charge in [-0.2, -0.15) is 0 Å². The third kappa shape index (κ3) is 4.75. The first-order valence-electron chi connectivity index (χ1n) is 9.89. The highest BCUT2D eigenvalue weighted by Crippen LogP contribution is 2.32. The van der Waals surface area contributed by atoms with Gasteiger partial charge < -0.3 is 24.4 Å². The Kier molecular flexibility index (Phi) is 5.97. The number of carbonyl (C=O) groups is 1. The predicted octanol–water partition coefficient (Wildman–Crippen LogP) is 4.06. The van der Waals surface area contributed by atoms with Crippen molar-refractivity contribution in [3.05, 3.63) is 54.1 Å². The highest BCUT2D eigenvalue weighted by molar-refractivity contribution is 5.89. The SMILES string of the molecule is O=C(Nc1ccc2c(c1)OCCCO2)N1CCC(OCc2ccccc2)CC1. The van der Waals surface area contributed by atoms with Crippen molar-refractivity contribution >= 4 is 11.7 Å². The minimum atomic E-state index is -0.0870. The van der Waals surface area contributed by atoms with Crippen molar-refractivity contribution in [3.8, 4) is 11.5 Å². The maximum Gasteiger partial charge on any atom is 0.321 e. The number of fused-ring (bicyclic) bond motifs is 1. The van der Waals surface area contributed by atoms with Crippen LogP contribution in [0.1, 0.15) is 24.8 Å². The number of benzene rings is 2. The van der Waals surface area contributed by atoms with Gasteiger partial charge in [0, 0.05) is 31.3 Å². The molecule has 2 heterocycles. The molecule has 28 heavy (non-hydrogen) atoms. The lowest BCUT2D eigenvalue weighted by Gasteiger charge is -2.32. The molecule has 1 saturated heterocycles. The Labute approximate surface area is 165 Å². The summed E-state index contributed by atoms with van der Waals surface area (Å²) in [5, 5.41) is 2.97. The van der Waals surface area contributed by atoms with E-state index >= 15 is 0 Å². The number of nitrogens with zero attached hydrogens (tertiary/aromatic N) is 1. The van der Waals surface area contributed by atoms with Crippen LogP contribution in [0.25, 0.3) is 0 Å². The fourth-order valence-electron chi connectivity index (χ4n) is 3.46. The molecule has 1 fully saturated rings.